The van der Waals surface area contributed by atoms with Crippen LogP contribution < -0.4 is 9.47 Å². The van der Waals surface area contributed by atoms with Crippen LogP contribution in [0.15, 0.2) is 28.9 Å². The second-order valence-electron chi connectivity index (χ2n) is 5.69. The van der Waals surface area contributed by atoms with Gasteiger partial charge in [0.15, 0.2) is 11.5 Å². The van der Waals surface area contributed by atoms with Crippen molar-refractivity contribution in [2.75, 3.05) is 6.79 Å². The SMILES string of the molecule is CC(C)CC1=C(c2ccc3c(c2)OCO3)C(=NO)CC1. The fourth-order valence-corrected chi connectivity index (χ4v) is 2.94. The van der Waals surface area contributed by atoms with Crippen molar-refractivity contribution in [1.29, 1.82) is 0 Å². The largest absolute Gasteiger partial charge is 0.454 e. The number of rotatable bonds is 3. The fourth-order valence-electron chi connectivity index (χ4n) is 2.94. The number of nitrogens with zero attached hydrogens (tertiary/aromatic N) is 1. The van der Waals surface area contributed by atoms with Crippen molar-refractivity contribution in [1.82, 2.24) is 0 Å². The second kappa shape index (κ2) is 5.19. The van der Waals surface area contributed by atoms with Crippen LogP contribution in [-0.4, -0.2) is 17.7 Å². The number of hydrogen-bond donors (Lipinski definition) is 1. The van der Waals surface area contributed by atoms with E-state index in [2.05, 4.69) is 19.0 Å². The topological polar surface area (TPSA) is 51.0 Å². The van der Waals surface area contributed by atoms with E-state index in [4.69, 9.17) is 9.47 Å². The summed E-state index contributed by atoms with van der Waals surface area (Å²) in [6.07, 6.45) is 2.81. The first-order valence-corrected chi connectivity index (χ1v) is 7.02. The number of ether oxygens (including phenoxy) is 2. The van der Waals surface area contributed by atoms with Crippen LogP contribution in [0.3, 0.4) is 0 Å². The highest BCUT2D eigenvalue weighted by Crippen LogP contribution is 2.40. The van der Waals surface area contributed by atoms with Crippen molar-refractivity contribution in [3.05, 3.63) is 29.3 Å². The standard InChI is InChI=1S/C16H19NO3/c1-10(2)7-11-3-5-13(17-18)16(11)12-4-6-14-15(8-12)20-9-19-14/h4,6,8,10,18H,3,5,7,9H2,1-2H3. The molecule has 0 spiro atoms. The number of oxime groups is 1. The maximum atomic E-state index is 9.24. The highest BCUT2D eigenvalue weighted by molar-refractivity contribution is 6.26. The van der Waals surface area contributed by atoms with E-state index < -0.39 is 0 Å². The van der Waals surface area contributed by atoms with E-state index in [1.54, 1.807) is 0 Å². The quantitative estimate of drug-likeness (QED) is 0.672. The van der Waals surface area contributed by atoms with Gasteiger partial charge in [-0.1, -0.05) is 30.6 Å². The molecule has 1 aromatic rings. The summed E-state index contributed by atoms with van der Waals surface area (Å²) in [6.45, 7) is 4.69. The molecule has 0 amide bonds. The van der Waals surface area contributed by atoms with Gasteiger partial charge in [-0.25, -0.2) is 0 Å². The van der Waals surface area contributed by atoms with E-state index in [1.165, 1.54) is 5.57 Å². The molecule has 1 aliphatic carbocycles. The molecular formula is C16H19NO3. The number of allylic oxidation sites excluding steroid dienone is 2. The van der Waals surface area contributed by atoms with E-state index in [0.717, 1.165) is 47.6 Å². The molecule has 0 atom stereocenters. The van der Waals surface area contributed by atoms with Crippen LogP contribution >= 0.6 is 0 Å². The van der Waals surface area contributed by atoms with Crippen LogP contribution in [0.25, 0.3) is 5.57 Å². The van der Waals surface area contributed by atoms with Crippen molar-refractivity contribution in [2.45, 2.75) is 33.1 Å². The van der Waals surface area contributed by atoms with Gasteiger partial charge in [0.2, 0.25) is 6.79 Å². The third-order valence-electron chi connectivity index (χ3n) is 3.74. The minimum Gasteiger partial charge on any atom is -0.454 e. The Balaban J connectivity index is 2.04. The van der Waals surface area contributed by atoms with Gasteiger partial charge in [-0.3, -0.25) is 0 Å². The molecule has 1 aliphatic heterocycles. The fraction of sp³-hybridized carbons (Fsp3) is 0.438. The molecular weight excluding hydrogens is 254 g/mol. The smallest absolute Gasteiger partial charge is 0.231 e. The molecule has 0 unspecified atom stereocenters. The summed E-state index contributed by atoms with van der Waals surface area (Å²) in [4.78, 5) is 0. The Morgan fingerprint density at radius 2 is 2.00 bits per heavy atom. The highest BCUT2D eigenvalue weighted by Gasteiger charge is 2.25. The minimum absolute atomic E-state index is 0.275. The van der Waals surface area contributed by atoms with E-state index in [1.807, 2.05) is 18.2 Å². The summed E-state index contributed by atoms with van der Waals surface area (Å²) in [5.74, 6) is 2.13. The predicted molar refractivity (Wildman–Crippen MR) is 77.4 cm³/mol. The lowest BCUT2D eigenvalue weighted by Crippen LogP contribution is -1.98. The highest BCUT2D eigenvalue weighted by atomic mass is 16.7. The zero-order valence-corrected chi connectivity index (χ0v) is 11.8. The Kier molecular flexibility index (Phi) is 3.38. The van der Waals surface area contributed by atoms with Crippen molar-refractivity contribution >= 4 is 11.3 Å². The Bertz CT molecular complexity index is 587. The molecule has 20 heavy (non-hydrogen) atoms. The zero-order valence-electron chi connectivity index (χ0n) is 11.8. The van der Waals surface area contributed by atoms with Gasteiger partial charge in [0.25, 0.3) is 0 Å². The van der Waals surface area contributed by atoms with Gasteiger partial charge in [0.1, 0.15) is 0 Å². The third kappa shape index (κ3) is 2.26. The molecule has 1 aromatic carbocycles. The maximum Gasteiger partial charge on any atom is 0.231 e. The van der Waals surface area contributed by atoms with Crippen LogP contribution in [-0.2, 0) is 0 Å². The molecule has 3 rings (SSSR count). The van der Waals surface area contributed by atoms with Gasteiger partial charge in [0.05, 0.1) is 5.71 Å². The molecule has 0 radical (unpaired) electrons. The van der Waals surface area contributed by atoms with Crippen LogP contribution in [0.2, 0.25) is 0 Å². The zero-order chi connectivity index (χ0) is 14.1. The molecule has 106 valence electrons. The van der Waals surface area contributed by atoms with Crippen LogP contribution in [0, 0.1) is 5.92 Å². The average Bonchev–Trinajstić information content (AvgIpc) is 3.03. The van der Waals surface area contributed by atoms with Crippen molar-refractivity contribution < 1.29 is 14.7 Å². The molecule has 1 N–H and O–H groups in total. The minimum atomic E-state index is 0.275. The van der Waals surface area contributed by atoms with Gasteiger partial charge in [-0.15, -0.1) is 0 Å². The van der Waals surface area contributed by atoms with Crippen molar-refractivity contribution in [3.63, 3.8) is 0 Å². The number of benzene rings is 1. The van der Waals surface area contributed by atoms with E-state index in [9.17, 15) is 5.21 Å². The van der Waals surface area contributed by atoms with Gasteiger partial charge in [0, 0.05) is 5.57 Å². The van der Waals surface area contributed by atoms with E-state index in [-0.39, 0.29) is 6.79 Å². The predicted octanol–water partition coefficient (Wildman–Crippen LogP) is 3.84. The average molecular weight is 273 g/mol. The molecule has 2 aliphatic rings. The second-order valence-corrected chi connectivity index (χ2v) is 5.69. The van der Waals surface area contributed by atoms with Gasteiger partial charge in [-0.05, 0) is 42.9 Å². The van der Waals surface area contributed by atoms with Crippen molar-refractivity contribution in [2.24, 2.45) is 11.1 Å². The number of hydrogen-bond acceptors (Lipinski definition) is 4. The molecule has 0 saturated carbocycles. The Labute approximate surface area is 118 Å². The molecule has 0 saturated heterocycles. The summed E-state index contributed by atoms with van der Waals surface area (Å²) in [6, 6.07) is 5.92. The summed E-state index contributed by atoms with van der Waals surface area (Å²) in [5.41, 5.74) is 4.28. The van der Waals surface area contributed by atoms with Crippen molar-refractivity contribution in [3.8, 4) is 11.5 Å². The third-order valence-corrected chi connectivity index (χ3v) is 3.74. The lowest BCUT2D eigenvalue weighted by Gasteiger charge is -2.11. The molecule has 4 nitrogen and oxygen atoms in total. The van der Waals surface area contributed by atoms with Gasteiger partial charge < -0.3 is 14.7 Å². The van der Waals surface area contributed by atoms with Crippen LogP contribution in [0.4, 0.5) is 0 Å². The monoisotopic (exact) mass is 273 g/mol. The molecule has 1 heterocycles. The Morgan fingerprint density at radius 1 is 1.20 bits per heavy atom. The normalized spacial score (nSPS) is 19.4. The molecule has 4 heteroatoms. The first kappa shape index (κ1) is 13.0. The lowest BCUT2D eigenvalue weighted by molar-refractivity contribution is 0.174. The summed E-state index contributed by atoms with van der Waals surface area (Å²) < 4.78 is 10.8. The van der Waals surface area contributed by atoms with Gasteiger partial charge in [-0.2, -0.15) is 0 Å². The summed E-state index contributed by atoms with van der Waals surface area (Å²) >= 11 is 0. The van der Waals surface area contributed by atoms with E-state index in [0.29, 0.717) is 5.92 Å². The first-order chi connectivity index (χ1) is 9.69. The van der Waals surface area contributed by atoms with E-state index >= 15 is 0 Å². The summed E-state index contributed by atoms with van der Waals surface area (Å²) in [7, 11) is 0. The Hall–Kier alpha value is -1.97. The molecule has 0 bridgehead atoms. The molecule has 0 aromatic heterocycles. The van der Waals surface area contributed by atoms with Gasteiger partial charge >= 0.3 is 0 Å². The summed E-state index contributed by atoms with van der Waals surface area (Å²) in [5, 5.41) is 12.7. The maximum absolute atomic E-state index is 9.24. The van der Waals surface area contributed by atoms with Crippen LogP contribution in [0.5, 0.6) is 11.5 Å². The molecule has 0 fully saturated rings. The Morgan fingerprint density at radius 3 is 2.75 bits per heavy atom. The first-order valence-electron chi connectivity index (χ1n) is 7.02. The van der Waals surface area contributed by atoms with Crippen LogP contribution in [0.1, 0.15) is 38.7 Å². The lowest BCUT2D eigenvalue weighted by atomic mass is 9.95. The number of fused-ring (bicyclic) bond motifs is 1.